The van der Waals surface area contributed by atoms with Gasteiger partial charge in [0.05, 0.1) is 35.4 Å². The van der Waals surface area contributed by atoms with Crippen LogP contribution in [0.4, 0.5) is 0 Å². The molecule has 1 aromatic heterocycles. The number of hydrogen-bond acceptors (Lipinski definition) is 7. The lowest BCUT2D eigenvalue weighted by Crippen LogP contribution is -2.35. The number of nitrogens with one attached hydrogen (secondary N) is 2. The number of fused-ring (bicyclic) bond motifs is 1. The van der Waals surface area contributed by atoms with Crippen molar-refractivity contribution in [1.82, 2.24) is 20.2 Å². The number of carbonyl (C=O) groups excluding carboxylic acids is 2. The second-order valence-corrected chi connectivity index (χ2v) is 10.3. The van der Waals surface area contributed by atoms with Gasteiger partial charge in [0.25, 0.3) is 11.5 Å². The Morgan fingerprint density at radius 3 is 2.68 bits per heavy atom. The first kappa shape index (κ1) is 27.8. The van der Waals surface area contributed by atoms with Crippen molar-refractivity contribution in [2.75, 3.05) is 33.4 Å². The highest BCUT2D eigenvalue weighted by atomic mass is 32.2. The lowest BCUT2D eigenvalue weighted by atomic mass is 10.1. The van der Waals surface area contributed by atoms with Crippen LogP contribution in [0.2, 0.25) is 0 Å². The third-order valence-electron chi connectivity index (χ3n) is 6.41. The van der Waals surface area contributed by atoms with Crippen molar-refractivity contribution in [1.29, 1.82) is 0 Å². The maximum absolute atomic E-state index is 13.5. The minimum absolute atomic E-state index is 0.0791. The molecule has 0 saturated carbocycles. The lowest BCUT2D eigenvalue weighted by Gasteiger charge is -2.18. The van der Waals surface area contributed by atoms with Crippen LogP contribution >= 0.6 is 11.8 Å². The minimum Gasteiger partial charge on any atom is -0.383 e. The molecule has 4 rings (SSSR count). The Kier molecular flexibility index (Phi) is 9.91. The van der Waals surface area contributed by atoms with Crippen molar-refractivity contribution in [3.8, 4) is 0 Å². The molecule has 0 spiro atoms. The Morgan fingerprint density at radius 1 is 1.18 bits per heavy atom. The number of benzene rings is 2. The van der Waals surface area contributed by atoms with E-state index >= 15 is 0 Å². The van der Waals surface area contributed by atoms with Crippen LogP contribution in [0.1, 0.15) is 42.1 Å². The normalized spacial score (nSPS) is 15.9. The van der Waals surface area contributed by atoms with E-state index in [9.17, 15) is 14.4 Å². The molecule has 2 heterocycles. The third kappa shape index (κ3) is 7.00. The van der Waals surface area contributed by atoms with Crippen molar-refractivity contribution in [3.63, 3.8) is 0 Å². The average molecular weight is 539 g/mol. The van der Waals surface area contributed by atoms with E-state index in [1.54, 1.807) is 35.9 Å². The molecule has 1 saturated heterocycles. The highest BCUT2D eigenvalue weighted by Crippen LogP contribution is 2.25. The number of nitrogens with zero attached hydrogens (tertiary/aromatic N) is 2. The lowest BCUT2D eigenvalue weighted by molar-refractivity contribution is -0.120. The van der Waals surface area contributed by atoms with Crippen molar-refractivity contribution in [3.05, 3.63) is 70.0 Å². The molecule has 1 aliphatic rings. The second kappa shape index (κ2) is 13.5. The number of thioether (sulfide) groups is 1. The zero-order valence-electron chi connectivity index (χ0n) is 21.8. The van der Waals surface area contributed by atoms with E-state index < -0.39 is 5.25 Å². The first-order chi connectivity index (χ1) is 18.5. The van der Waals surface area contributed by atoms with Gasteiger partial charge in [0, 0.05) is 32.4 Å². The summed E-state index contributed by atoms with van der Waals surface area (Å²) in [6.45, 7) is 4.28. The van der Waals surface area contributed by atoms with Gasteiger partial charge in [0.15, 0.2) is 5.16 Å². The van der Waals surface area contributed by atoms with Gasteiger partial charge in [0.1, 0.15) is 0 Å². The largest absolute Gasteiger partial charge is 0.383 e. The fraction of sp³-hybridized carbons (Fsp3) is 0.429. The van der Waals surface area contributed by atoms with Gasteiger partial charge in [-0.25, -0.2) is 4.98 Å². The van der Waals surface area contributed by atoms with Crippen molar-refractivity contribution in [2.45, 2.75) is 49.2 Å². The molecular weight excluding hydrogens is 504 g/mol. The van der Waals surface area contributed by atoms with Gasteiger partial charge in [0.2, 0.25) is 5.91 Å². The van der Waals surface area contributed by atoms with Gasteiger partial charge in [-0.3, -0.25) is 19.0 Å². The van der Waals surface area contributed by atoms with Gasteiger partial charge in [-0.05, 0) is 49.1 Å². The Morgan fingerprint density at radius 2 is 1.97 bits per heavy atom. The van der Waals surface area contributed by atoms with Crippen LogP contribution in [-0.2, 0) is 20.8 Å². The number of para-hydroxylation sites is 1. The molecule has 9 nitrogen and oxygen atoms in total. The number of rotatable bonds is 12. The van der Waals surface area contributed by atoms with E-state index in [1.165, 1.54) is 11.8 Å². The van der Waals surface area contributed by atoms with Crippen molar-refractivity contribution in [2.24, 2.45) is 0 Å². The molecule has 10 heteroatoms. The summed E-state index contributed by atoms with van der Waals surface area (Å²) in [5.41, 5.74) is 1.80. The van der Waals surface area contributed by atoms with Crippen LogP contribution in [0.5, 0.6) is 0 Å². The van der Waals surface area contributed by atoms with Crippen LogP contribution < -0.4 is 16.2 Å². The molecule has 2 aromatic carbocycles. The monoisotopic (exact) mass is 538 g/mol. The van der Waals surface area contributed by atoms with E-state index in [0.29, 0.717) is 47.7 Å². The predicted octanol–water partition coefficient (Wildman–Crippen LogP) is 2.99. The summed E-state index contributed by atoms with van der Waals surface area (Å²) >= 11 is 1.28. The SMILES string of the molecule is CC[C@@H](Sc1nc2ccccc2c(=O)n1Cc1ccc(C(=O)NC[C@@H]2CCCO2)cc1)C(=O)NCCOC. The van der Waals surface area contributed by atoms with Gasteiger partial charge in [-0.15, -0.1) is 0 Å². The van der Waals surface area contributed by atoms with Gasteiger partial charge < -0.3 is 20.1 Å². The van der Waals surface area contributed by atoms with Crippen LogP contribution in [0.25, 0.3) is 10.9 Å². The first-order valence-corrected chi connectivity index (χ1v) is 13.8. The molecule has 2 N–H and O–H groups in total. The molecule has 1 fully saturated rings. The summed E-state index contributed by atoms with van der Waals surface area (Å²) in [5, 5.41) is 6.37. The van der Waals surface area contributed by atoms with Crippen molar-refractivity contribution >= 4 is 34.5 Å². The quantitative estimate of drug-likeness (QED) is 0.207. The summed E-state index contributed by atoms with van der Waals surface area (Å²) < 4.78 is 12.2. The van der Waals surface area contributed by atoms with E-state index in [-0.39, 0.29) is 30.0 Å². The Labute approximate surface area is 226 Å². The summed E-state index contributed by atoms with van der Waals surface area (Å²) in [6.07, 6.45) is 2.63. The molecule has 3 aromatic rings. The molecule has 0 unspecified atom stereocenters. The van der Waals surface area contributed by atoms with E-state index in [0.717, 1.165) is 25.0 Å². The van der Waals surface area contributed by atoms with E-state index in [4.69, 9.17) is 14.5 Å². The van der Waals surface area contributed by atoms with Crippen LogP contribution in [0, 0.1) is 0 Å². The fourth-order valence-corrected chi connectivity index (χ4v) is 5.31. The van der Waals surface area contributed by atoms with Crippen LogP contribution in [0.15, 0.2) is 58.5 Å². The van der Waals surface area contributed by atoms with Gasteiger partial charge in [-0.1, -0.05) is 43.0 Å². The molecule has 202 valence electrons. The van der Waals surface area contributed by atoms with Gasteiger partial charge in [-0.2, -0.15) is 0 Å². The summed E-state index contributed by atoms with van der Waals surface area (Å²) in [7, 11) is 1.58. The molecule has 2 atom stereocenters. The second-order valence-electron chi connectivity index (χ2n) is 9.14. The Bertz CT molecular complexity index is 1300. The number of methoxy groups -OCH3 is 1. The highest BCUT2D eigenvalue weighted by Gasteiger charge is 2.22. The molecule has 38 heavy (non-hydrogen) atoms. The average Bonchev–Trinajstić information content (AvgIpc) is 3.46. The number of ether oxygens (including phenoxy) is 2. The third-order valence-corrected chi connectivity index (χ3v) is 7.77. The Hall–Kier alpha value is -3.21. The number of aromatic nitrogens is 2. The predicted molar refractivity (Wildman–Crippen MR) is 148 cm³/mol. The molecule has 0 bridgehead atoms. The zero-order chi connectivity index (χ0) is 26.9. The minimum atomic E-state index is -0.416. The van der Waals surface area contributed by atoms with Crippen LogP contribution in [-0.4, -0.2) is 66.1 Å². The maximum Gasteiger partial charge on any atom is 0.262 e. The molecular formula is C28H34N4O5S. The number of hydrogen-bond donors (Lipinski definition) is 2. The smallest absolute Gasteiger partial charge is 0.262 e. The summed E-state index contributed by atoms with van der Waals surface area (Å²) in [4.78, 5) is 43.6. The molecule has 0 aliphatic carbocycles. The standard InChI is InChI=1S/C28H34N4O5S/c1-3-24(26(34)29-14-16-36-2)38-28-31-23-9-5-4-8-22(23)27(35)32(28)18-19-10-12-20(13-11-19)25(33)30-17-21-7-6-15-37-21/h4-5,8-13,21,24H,3,6-7,14-18H2,1-2H3,(H,29,34)(H,30,33)/t21-,24+/m0/s1. The summed E-state index contributed by atoms with van der Waals surface area (Å²) in [5.74, 6) is -0.278. The van der Waals surface area contributed by atoms with E-state index in [1.807, 2.05) is 31.2 Å². The first-order valence-electron chi connectivity index (χ1n) is 12.9. The topological polar surface area (TPSA) is 112 Å². The highest BCUT2D eigenvalue weighted by molar-refractivity contribution is 8.00. The molecule has 2 amide bonds. The number of carbonyl (C=O) groups is 2. The summed E-state index contributed by atoms with van der Waals surface area (Å²) in [6, 6.07) is 14.4. The zero-order valence-corrected chi connectivity index (χ0v) is 22.6. The maximum atomic E-state index is 13.5. The Balaban J connectivity index is 1.54. The van der Waals surface area contributed by atoms with Crippen LogP contribution in [0.3, 0.4) is 0 Å². The van der Waals surface area contributed by atoms with Gasteiger partial charge >= 0.3 is 0 Å². The fourth-order valence-electron chi connectivity index (χ4n) is 4.27. The molecule has 1 aliphatic heterocycles. The van der Waals surface area contributed by atoms with E-state index in [2.05, 4.69) is 10.6 Å². The number of amides is 2. The van der Waals surface area contributed by atoms with Crippen molar-refractivity contribution < 1.29 is 19.1 Å². The molecule has 0 radical (unpaired) electrons.